The summed E-state index contributed by atoms with van der Waals surface area (Å²) < 4.78 is 11.7. The monoisotopic (exact) mass is 302 g/mol. The minimum atomic E-state index is -1.85. The lowest BCUT2D eigenvalue weighted by Gasteiger charge is -2.28. The smallest absolute Gasteiger partial charge is 0.303 e. The lowest BCUT2D eigenvalue weighted by molar-refractivity contribution is -0.139. The van der Waals surface area contributed by atoms with Gasteiger partial charge in [0.25, 0.3) is 0 Å². The van der Waals surface area contributed by atoms with Gasteiger partial charge in [0.15, 0.2) is 0 Å². The van der Waals surface area contributed by atoms with Gasteiger partial charge in [0.05, 0.1) is 5.76 Å². The van der Waals surface area contributed by atoms with Crippen molar-refractivity contribution in [2.75, 3.05) is 0 Å². The molecule has 0 saturated heterocycles. The second-order valence-electron chi connectivity index (χ2n) is 6.78. The Morgan fingerprint density at radius 3 is 1.84 bits per heavy atom. The Morgan fingerprint density at radius 1 is 1.05 bits per heavy atom. The van der Waals surface area contributed by atoms with Gasteiger partial charge in [-0.3, -0.25) is 4.79 Å². The number of rotatable bonds is 7. The van der Waals surface area contributed by atoms with Gasteiger partial charge in [-0.05, 0) is 52.6 Å². The normalized spacial score (nSPS) is 15.1. The van der Waals surface area contributed by atoms with Crippen molar-refractivity contribution in [3.63, 3.8) is 0 Å². The van der Waals surface area contributed by atoms with Gasteiger partial charge < -0.3 is 8.85 Å². The van der Waals surface area contributed by atoms with E-state index in [9.17, 15) is 4.79 Å². The minimum absolute atomic E-state index is 0.118. The quantitative estimate of drug-likeness (QED) is 0.512. The predicted molar refractivity (Wildman–Crippen MR) is 86.0 cm³/mol. The van der Waals surface area contributed by atoms with Crippen LogP contribution in [-0.4, -0.2) is 22.6 Å². The molecule has 0 aliphatic rings. The molecule has 0 saturated carbocycles. The van der Waals surface area contributed by atoms with Crippen molar-refractivity contribution >= 4 is 22.6 Å². The van der Waals surface area contributed by atoms with E-state index in [1.54, 1.807) is 0 Å². The molecule has 0 rings (SSSR count). The molecule has 0 aromatic heterocycles. The molecule has 1 atom stereocenters. The summed E-state index contributed by atoms with van der Waals surface area (Å²) in [6.07, 6.45) is 3.65. The van der Waals surface area contributed by atoms with Crippen LogP contribution in [0.4, 0.5) is 0 Å². The van der Waals surface area contributed by atoms with E-state index in [2.05, 4.69) is 26.6 Å². The van der Waals surface area contributed by atoms with Gasteiger partial charge >= 0.3 is 5.97 Å². The fourth-order valence-electron chi connectivity index (χ4n) is 1.72. The molecule has 3 nitrogen and oxygen atoms in total. The van der Waals surface area contributed by atoms with Crippen LogP contribution in [0.3, 0.4) is 0 Å². The van der Waals surface area contributed by atoms with E-state index in [1.165, 1.54) is 0 Å². The summed E-state index contributed by atoms with van der Waals surface area (Å²) in [5.41, 5.74) is 0. The molecule has 0 heterocycles. The van der Waals surface area contributed by atoms with Gasteiger partial charge in [0.1, 0.15) is 5.92 Å². The Hall–Kier alpha value is -0.556. The third-order valence-corrected chi connectivity index (χ3v) is 3.98. The van der Waals surface area contributed by atoms with Crippen molar-refractivity contribution in [1.82, 2.24) is 0 Å². The van der Waals surface area contributed by atoms with Gasteiger partial charge in [-0.2, -0.15) is 0 Å². The minimum Gasteiger partial charge on any atom is -0.547 e. The van der Waals surface area contributed by atoms with Crippen LogP contribution < -0.4 is 0 Å². The van der Waals surface area contributed by atoms with E-state index < -0.39 is 16.6 Å². The summed E-state index contributed by atoms with van der Waals surface area (Å²) in [7, 11) is -3.55. The second-order valence-corrected chi connectivity index (χ2v) is 15.6. The zero-order valence-electron chi connectivity index (χ0n) is 13.8. The molecule has 5 heteroatoms. The topological polar surface area (TPSA) is 35.5 Å². The van der Waals surface area contributed by atoms with Gasteiger partial charge in [-0.25, -0.2) is 0 Å². The molecule has 0 aliphatic carbocycles. The highest BCUT2D eigenvalue weighted by Gasteiger charge is 2.31. The third-order valence-electron chi connectivity index (χ3n) is 2.32. The second kappa shape index (κ2) is 7.29. The van der Waals surface area contributed by atoms with Crippen LogP contribution in [-0.2, 0) is 13.6 Å². The molecule has 0 aromatic carbocycles. The van der Waals surface area contributed by atoms with Crippen LogP contribution in [0, 0.1) is 5.92 Å². The van der Waals surface area contributed by atoms with Crippen molar-refractivity contribution in [1.29, 1.82) is 0 Å². The van der Waals surface area contributed by atoms with Crippen LogP contribution >= 0.6 is 0 Å². The standard InChI is InChI=1S/C14H30O3Si2/c1-9-11-12(14(15)17-19(6,7)8)13(10-2)16-18(3,4)5/h10,12H,9,11H2,1-8H3/b13-10-. The van der Waals surface area contributed by atoms with Crippen molar-refractivity contribution < 1.29 is 13.6 Å². The van der Waals surface area contributed by atoms with Gasteiger partial charge in [0.2, 0.25) is 16.6 Å². The molecule has 0 bridgehead atoms. The van der Waals surface area contributed by atoms with Crippen molar-refractivity contribution in [3.05, 3.63) is 11.8 Å². The molecular formula is C14H30O3Si2. The number of carbonyl (C=O) groups is 1. The summed E-state index contributed by atoms with van der Waals surface area (Å²) in [6.45, 7) is 16.5. The van der Waals surface area contributed by atoms with Crippen molar-refractivity contribution in [2.45, 2.75) is 66.0 Å². The number of hydrogen-bond acceptors (Lipinski definition) is 3. The molecule has 0 radical (unpaired) electrons. The van der Waals surface area contributed by atoms with E-state index in [4.69, 9.17) is 8.85 Å². The summed E-state index contributed by atoms with van der Waals surface area (Å²) >= 11 is 0. The highest BCUT2D eigenvalue weighted by molar-refractivity contribution is 6.71. The number of carbonyl (C=O) groups excluding carboxylic acids is 1. The van der Waals surface area contributed by atoms with E-state index in [0.29, 0.717) is 0 Å². The first-order valence-electron chi connectivity index (χ1n) is 7.08. The number of allylic oxidation sites excluding steroid dienone is 1. The third kappa shape index (κ3) is 8.26. The van der Waals surface area contributed by atoms with Gasteiger partial charge in [0, 0.05) is 0 Å². The van der Waals surface area contributed by atoms with Crippen LogP contribution in [0.15, 0.2) is 11.8 Å². The maximum atomic E-state index is 12.3. The van der Waals surface area contributed by atoms with Crippen molar-refractivity contribution in [3.8, 4) is 0 Å². The molecule has 1 unspecified atom stereocenters. The van der Waals surface area contributed by atoms with Crippen LogP contribution in [0.5, 0.6) is 0 Å². The predicted octanol–water partition coefficient (Wildman–Crippen LogP) is 4.54. The molecular weight excluding hydrogens is 272 g/mol. The summed E-state index contributed by atoms with van der Waals surface area (Å²) in [6, 6.07) is 0. The summed E-state index contributed by atoms with van der Waals surface area (Å²) in [5, 5.41) is 0. The number of hydrogen-bond donors (Lipinski definition) is 0. The zero-order chi connectivity index (χ0) is 15.3. The molecule has 0 fully saturated rings. The molecule has 0 N–H and O–H groups in total. The Labute approximate surface area is 120 Å². The van der Waals surface area contributed by atoms with Crippen molar-refractivity contribution in [2.24, 2.45) is 5.92 Å². The SMILES string of the molecule is C/C=C(\O[Si](C)(C)C)C(CCC)C(=O)O[Si](C)(C)C. The maximum absolute atomic E-state index is 12.3. The lowest BCUT2D eigenvalue weighted by Crippen LogP contribution is -2.36. The van der Waals surface area contributed by atoms with E-state index in [1.807, 2.05) is 32.6 Å². The van der Waals surface area contributed by atoms with Gasteiger partial charge in [-0.1, -0.05) is 19.4 Å². The highest BCUT2D eigenvalue weighted by Crippen LogP contribution is 2.25. The van der Waals surface area contributed by atoms with E-state index in [-0.39, 0.29) is 11.9 Å². The maximum Gasteiger partial charge on any atom is 0.303 e. The molecule has 112 valence electrons. The van der Waals surface area contributed by atoms with Gasteiger partial charge in [-0.15, -0.1) is 0 Å². The van der Waals surface area contributed by atoms with Crippen LogP contribution in [0.2, 0.25) is 39.3 Å². The average molecular weight is 303 g/mol. The molecule has 19 heavy (non-hydrogen) atoms. The first-order valence-corrected chi connectivity index (χ1v) is 13.9. The molecule has 0 aliphatic heterocycles. The molecule has 0 spiro atoms. The Kier molecular flexibility index (Phi) is 7.07. The fourth-order valence-corrected chi connectivity index (χ4v) is 3.44. The Bertz CT molecular complexity index is 325. The lowest BCUT2D eigenvalue weighted by atomic mass is 10.0. The zero-order valence-corrected chi connectivity index (χ0v) is 15.8. The Morgan fingerprint density at radius 2 is 1.53 bits per heavy atom. The molecule has 0 aromatic rings. The highest BCUT2D eigenvalue weighted by atomic mass is 28.4. The van der Waals surface area contributed by atoms with E-state index >= 15 is 0 Å². The van der Waals surface area contributed by atoms with E-state index in [0.717, 1.165) is 18.6 Å². The summed E-state index contributed by atoms with van der Waals surface area (Å²) in [4.78, 5) is 12.3. The summed E-state index contributed by atoms with van der Waals surface area (Å²) in [5.74, 6) is 0.435. The van der Waals surface area contributed by atoms with Crippen LogP contribution in [0.25, 0.3) is 0 Å². The van der Waals surface area contributed by atoms with Crippen LogP contribution in [0.1, 0.15) is 26.7 Å². The molecule has 0 amide bonds. The first-order chi connectivity index (χ1) is 8.50. The Balaban J connectivity index is 5.02. The average Bonchev–Trinajstić information content (AvgIpc) is 2.19. The largest absolute Gasteiger partial charge is 0.547 e. The first kappa shape index (κ1) is 18.4. The fraction of sp³-hybridized carbons (Fsp3) is 0.786.